The zero-order valence-corrected chi connectivity index (χ0v) is 16.8. The summed E-state index contributed by atoms with van der Waals surface area (Å²) in [5.41, 5.74) is 0.935. The van der Waals surface area contributed by atoms with Gasteiger partial charge in [0, 0.05) is 5.92 Å². The fourth-order valence-electron chi connectivity index (χ4n) is 4.36. The number of esters is 1. The first-order chi connectivity index (χ1) is 12.7. The zero-order valence-electron chi connectivity index (χ0n) is 16.8. The number of carbonyl (C=O) groups is 2. The molecule has 2 atom stereocenters. The van der Waals surface area contributed by atoms with Crippen molar-refractivity contribution in [2.45, 2.75) is 70.2 Å². The van der Waals surface area contributed by atoms with Crippen molar-refractivity contribution < 1.29 is 23.8 Å². The third-order valence-corrected chi connectivity index (χ3v) is 5.55. The first-order valence-corrected chi connectivity index (χ1v) is 9.48. The molecule has 27 heavy (non-hydrogen) atoms. The van der Waals surface area contributed by atoms with Crippen LogP contribution in [0.15, 0.2) is 24.3 Å². The minimum atomic E-state index is -0.976. The highest BCUT2D eigenvalue weighted by molar-refractivity contribution is 5.80. The van der Waals surface area contributed by atoms with E-state index in [9.17, 15) is 9.59 Å². The third kappa shape index (κ3) is 3.68. The Balaban J connectivity index is 1.89. The molecule has 148 valence electrons. The number of fused-ring (bicyclic) bond motifs is 1. The van der Waals surface area contributed by atoms with Crippen molar-refractivity contribution in [3.05, 3.63) is 35.4 Å². The average molecular weight is 375 g/mol. The summed E-state index contributed by atoms with van der Waals surface area (Å²) in [5, 5.41) is 0. The molecule has 0 N–H and O–H groups in total. The molecule has 1 aliphatic heterocycles. The molecule has 6 heteroatoms. The van der Waals surface area contributed by atoms with E-state index in [2.05, 4.69) is 6.07 Å². The number of ether oxygens (including phenoxy) is 3. The molecular formula is C21H29NO5. The molecule has 0 saturated carbocycles. The summed E-state index contributed by atoms with van der Waals surface area (Å²) in [7, 11) is 1.32. The Morgan fingerprint density at radius 3 is 2.56 bits per heavy atom. The Labute approximate surface area is 160 Å². The van der Waals surface area contributed by atoms with E-state index < -0.39 is 29.4 Å². The van der Waals surface area contributed by atoms with Gasteiger partial charge in [0.25, 0.3) is 0 Å². The van der Waals surface area contributed by atoms with Crippen LogP contribution in [-0.2, 0) is 25.4 Å². The number of amides is 1. The lowest BCUT2D eigenvalue weighted by molar-refractivity contribution is -0.154. The van der Waals surface area contributed by atoms with E-state index in [4.69, 9.17) is 14.2 Å². The standard InChI is InChI=1S/C21H29NO5/c1-20(2)13-26-21(3,4)22(20)19(24)27-17(18(23)25-5)16-12-8-10-14-9-6-7-11-15(14)16/h6-7,9,11,16-17H,8,10,12-13H2,1-5H3/t16-,17+/m0/s1. The second kappa shape index (κ2) is 7.15. The minimum absolute atomic E-state index is 0.207. The Hall–Kier alpha value is -2.08. The number of nitrogens with zero attached hydrogens (tertiary/aromatic N) is 1. The highest BCUT2D eigenvalue weighted by atomic mass is 16.6. The van der Waals surface area contributed by atoms with Crippen molar-refractivity contribution in [1.29, 1.82) is 0 Å². The van der Waals surface area contributed by atoms with Gasteiger partial charge in [-0.15, -0.1) is 0 Å². The topological polar surface area (TPSA) is 65.1 Å². The summed E-state index contributed by atoms with van der Waals surface area (Å²) in [6.07, 6.45) is 1.15. The van der Waals surface area contributed by atoms with E-state index in [0.29, 0.717) is 6.61 Å². The molecule has 1 fully saturated rings. The molecule has 1 aliphatic carbocycles. The van der Waals surface area contributed by atoms with Gasteiger partial charge in [0.2, 0.25) is 6.10 Å². The van der Waals surface area contributed by atoms with Gasteiger partial charge in [0.15, 0.2) is 0 Å². The minimum Gasteiger partial charge on any atom is -0.466 e. The molecule has 1 saturated heterocycles. The Bertz CT molecular complexity index is 711. The van der Waals surface area contributed by atoms with E-state index in [1.807, 2.05) is 45.9 Å². The maximum atomic E-state index is 13.1. The quantitative estimate of drug-likeness (QED) is 0.755. The largest absolute Gasteiger partial charge is 0.466 e. The van der Waals surface area contributed by atoms with Crippen molar-refractivity contribution in [1.82, 2.24) is 4.90 Å². The molecule has 6 nitrogen and oxygen atoms in total. The number of aryl methyl sites for hydroxylation is 1. The van der Waals surface area contributed by atoms with Gasteiger partial charge >= 0.3 is 12.1 Å². The van der Waals surface area contributed by atoms with Crippen molar-refractivity contribution in [3.8, 4) is 0 Å². The maximum Gasteiger partial charge on any atom is 0.413 e. The average Bonchev–Trinajstić information content (AvgIpc) is 2.86. The van der Waals surface area contributed by atoms with Crippen molar-refractivity contribution in [2.24, 2.45) is 0 Å². The molecule has 0 aromatic heterocycles. The van der Waals surface area contributed by atoms with Gasteiger partial charge < -0.3 is 14.2 Å². The van der Waals surface area contributed by atoms with E-state index >= 15 is 0 Å². The van der Waals surface area contributed by atoms with E-state index in [0.717, 1.165) is 24.8 Å². The van der Waals surface area contributed by atoms with Gasteiger partial charge in [0.05, 0.1) is 19.3 Å². The number of rotatable bonds is 3. The summed E-state index contributed by atoms with van der Waals surface area (Å²) in [6, 6.07) is 8.02. The predicted octanol–water partition coefficient (Wildman–Crippen LogP) is 3.63. The lowest BCUT2D eigenvalue weighted by Gasteiger charge is -2.38. The molecule has 3 rings (SSSR count). The summed E-state index contributed by atoms with van der Waals surface area (Å²) >= 11 is 0. The SMILES string of the molecule is COC(=O)[C@H](OC(=O)N1C(C)(C)COC1(C)C)[C@H]1CCCc2ccccc21. The van der Waals surface area contributed by atoms with Crippen LogP contribution in [0, 0.1) is 0 Å². The maximum absolute atomic E-state index is 13.1. The van der Waals surface area contributed by atoms with E-state index in [1.54, 1.807) is 4.90 Å². The second-order valence-electron chi connectivity index (χ2n) is 8.41. The van der Waals surface area contributed by atoms with Gasteiger partial charge in [-0.25, -0.2) is 9.59 Å². The van der Waals surface area contributed by atoms with Gasteiger partial charge in [-0.1, -0.05) is 24.3 Å². The lowest BCUT2D eigenvalue weighted by atomic mass is 9.79. The molecule has 2 aliphatic rings. The first kappa shape index (κ1) is 19.7. The first-order valence-electron chi connectivity index (χ1n) is 9.48. The summed E-state index contributed by atoms with van der Waals surface area (Å²) in [4.78, 5) is 27.2. The third-order valence-electron chi connectivity index (χ3n) is 5.55. The number of hydrogen-bond donors (Lipinski definition) is 0. The van der Waals surface area contributed by atoms with Gasteiger partial charge in [0.1, 0.15) is 5.72 Å². The smallest absolute Gasteiger partial charge is 0.413 e. The van der Waals surface area contributed by atoms with Crippen LogP contribution in [0.1, 0.15) is 57.6 Å². The molecule has 0 radical (unpaired) electrons. The zero-order chi connectivity index (χ0) is 19.8. The Kier molecular flexibility index (Phi) is 5.21. The molecule has 0 bridgehead atoms. The second-order valence-corrected chi connectivity index (χ2v) is 8.41. The molecular weight excluding hydrogens is 346 g/mol. The Morgan fingerprint density at radius 2 is 1.93 bits per heavy atom. The van der Waals surface area contributed by atoms with Crippen molar-refractivity contribution >= 4 is 12.1 Å². The number of methoxy groups -OCH3 is 1. The van der Waals surface area contributed by atoms with Crippen LogP contribution in [-0.4, -0.2) is 48.0 Å². The summed E-state index contributed by atoms with van der Waals surface area (Å²) in [5.74, 6) is -0.734. The molecule has 1 aromatic carbocycles. The molecule has 0 spiro atoms. The summed E-state index contributed by atoms with van der Waals surface area (Å²) in [6.45, 7) is 7.90. The normalized spacial score (nSPS) is 24.0. The predicted molar refractivity (Wildman–Crippen MR) is 100 cm³/mol. The van der Waals surface area contributed by atoms with Crippen LogP contribution in [0.5, 0.6) is 0 Å². The van der Waals surface area contributed by atoms with Crippen LogP contribution >= 0.6 is 0 Å². The number of carbonyl (C=O) groups excluding carboxylic acids is 2. The van der Waals surface area contributed by atoms with Gasteiger partial charge in [-0.3, -0.25) is 4.90 Å². The molecule has 0 unspecified atom stereocenters. The number of benzene rings is 1. The molecule has 1 aromatic rings. The van der Waals surface area contributed by atoms with Crippen LogP contribution in [0.2, 0.25) is 0 Å². The highest BCUT2D eigenvalue weighted by Gasteiger charge is 2.51. The van der Waals surface area contributed by atoms with Crippen molar-refractivity contribution in [2.75, 3.05) is 13.7 Å². The van der Waals surface area contributed by atoms with Crippen LogP contribution in [0.4, 0.5) is 4.79 Å². The fourth-order valence-corrected chi connectivity index (χ4v) is 4.36. The molecule has 1 amide bonds. The van der Waals surface area contributed by atoms with Crippen LogP contribution in [0.3, 0.4) is 0 Å². The number of hydrogen-bond acceptors (Lipinski definition) is 5. The fraction of sp³-hybridized carbons (Fsp3) is 0.619. The van der Waals surface area contributed by atoms with E-state index in [-0.39, 0.29) is 5.92 Å². The van der Waals surface area contributed by atoms with Gasteiger partial charge in [-0.05, 0) is 58.1 Å². The lowest BCUT2D eigenvalue weighted by Crippen LogP contribution is -2.54. The van der Waals surface area contributed by atoms with Crippen LogP contribution < -0.4 is 0 Å². The van der Waals surface area contributed by atoms with Crippen LogP contribution in [0.25, 0.3) is 0 Å². The summed E-state index contributed by atoms with van der Waals surface area (Å²) < 4.78 is 16.5. The molecule has 1 heterocycles. The van der Waals surface area contributed by atoms with Gasteiger partial charge in [-0.2, -0.15) is 0 Å². The van der Waals surface area contributed by atoms with Crippen molar-refractivity contribution in [3.63, 3.8) is 0 Å². The monoisotopic (exact) mass is 375 g/mol. The Morgan fingerprint density at radius 1 is 1.22 bits per heavy atom. The highest BCUT2D eigenvalue weighted by Crippen LogP contribution is 2.38. The van der Waals surface area contributed by atoms with E-state index in [1.165, 1.54) is 12.7 Å².